The fraction of sp³-hybridized carbons (Fsp3) is 0.240. The van der Waals surface area contributed by atoms with Crippen molar-refractivity contribution < 1.29 is 19.1 Å². The van der Waals surface area contributed by atoms with Gasteiger partial charge in [0.25, 0.3) is 11.1 Å². The molecule has 0 saturated carbocycles. The van der Waals surface area contributed by atoms with E-state index in [1.54, 1.807) is 44.7 Å². The number of carbonyl (C=O) groups is 2. The van der Waals surface area contributed by atoms with E-state index < -0.39 is 5.24 Å². The SMILES string of the molecule is CCCn1c(CN(Cc2ccc(OC)cc2)C(=O)c2ccccc2)nc2cccnc21.CCCn1c(CNCc2ccc(OC)cc2)nc2cccnc21.O=C(Cl)c1ccccc1. The van der Waals surface area contributed by atoms with Gasteiger partial charge in [-0.2, -0.15) is 0 Å². The highest BCUT2D eigenvalue weighted by atomic mass is 35.5. The number of pyridine rings is 2. The number of carbonyl (C=O) groups excluding carboxylic acids is 2. The smallest absolute Gasteiger partial charge is 0.254 e. The summed E-state index contributed by atoms with van der Waals surface area (Å²) in [7, 11) is 3.33. The largest absolute Gasteiger partial charge is 0.497 e. The Morgan fingerprint density at radius 2 is 1.08 bits per heavy atom. The predicted octanol–water partition coefficient (Wildman–Crippen LogP) is 9.90. The molecule has 13 heteroatoms. The molecule has 0 saturated heterocycles. The predicted molar refractivity (Wildman–Crippen MR) is 249 cm³/mol. The van der Waals surface area contributed by atoms with Crippen molar-refractivity contribution in [3.63, 3.8) is 0 Å². The number of halogens is 1. The van der Waals surface area contributed by atoms with Crippen LogP contribution in [0.5, 0.6) is 11.5 Å². The van der Waals surface area contributed by atoms with Crippen molar-refractivity contribution in [2.75, 3.05) is 14.2 Å². The molecular weight excluding hydrogens is 812 g/mol. The molecule has 0 aliphatic carbocycles. The molecule has 324 valence electrons. The first-order valence-corrected chi connectivity index (χ1v) is 21.4. The summed E-state index contributed by atoms with van der Waals surface area (Å²) in [5.41, 5.74) is 7.09. The molecule has 0 aliphatic rings. The molecule has 12 nitrogen and oxygen atoms in total. The van der Waals surface area contributed by atoms with Gasteiger partial charge in [0, 0.05) is 49.7 Å². The van der Waals surface area contributed by atoms with E-state index in [1.165, 1.54) is 5.56 Å². The second-order valence-corrected chi connectivity index (χ2v) is 14.9. The lowest BCUT2D eigenvalue weighted by molar-refractivity contribution is 0.0723. The minimum absolute atomic E-state index is 0.0283. The molecule has 0 spiro atoms. The standard InChI is InChI=1S/C25H26N4O2.C18H22N4O.C7H5ClO/c1-3-16-29-23(27-22-10-7-15-26-24(22)29)18-28(25(30)20-8-5-4-6-9-20)17-19-11-13-21(31-2)14-12-19;1-3-11-22-17(21-16-5-4-10-20-18(16)22)13-19-12-14-6-8-15(23-2)9-7-14;8-7(9)6-4-2-1-3-5-6/h4-15H,3,16-18H2,1-2H3;4-10,19H,3,11-13H2,1-2H3;1-5H. The molecule has 1 N–H and O–H groups in total. The number of amides is 1. The van der Waals surface area contributed by atoms with Crippen LogP contribution in [0.15, 0.2) is 146 Å². The number of ether oxygens (including phenoxy) is 2. The van der Waals surface area contributed by atoms with E-state index in [1.807, 2.05) is 108 Å². The lowest BCUT2D eigenvalue weighted by Crippen LogP contribution is -2.31. The normalized spacial score (nSPS) is 10.7. The number of aromatic nitrogens is 6. The number of rotatable bonds is 16. The molecule has 8 aromatic rings. The highest BCUT2D eigenvalue weighted by Crippen LogP contribution is 2.21. The van der Waals surface area contributed by atoms with Gasteiger partial charge < -0.3 is 28.8 Å². The van der Waals surface area contributed by atoms with E-state index in [-0.39, 0.29) is 5.91 Å². The average molecular weight is 865 g/mol. The van der Waals surface area contributed by atoms with Gasteiger partial charge in [-0.25, -0.2) is 19.9 Å². The zero-order valence-electron chi connectivity index (χ0n) is 36.2. The molecule has 4 aromatic heterocycles. The van der Waals surface area contributed by atoms with Crippen molar-refractivity contribution in [2.24, 2.45) is 0 Å². The van der Waals surface area contributed by atoms with E-state index in [0.717, 1.165) is 90.1 Å². The first-order valence-electron chi connectivity index (χ1n) is 21.0. The maximum absolute atomic E-state index is 13.4. The van der Waals surface area contributed by atoms with Gasteiger partial charge in [0.15, 0.2) is 11.3 Å². The summed E-state index contributed by atoms with van der Waals surface area (Å²) < 4.78 is 14.8. The fourth-order valence-electron chi connectivity index (χ4n) is 6.90. The van der Waals surface area contributed by atoms with E-state index >= 15 is 0 Å². The molecule has 0 radical (unpaired) electrons. The minimum atomic E-state index is -0.407. The van der Waals surface area contributed by atoms with Crippen molar-refractivity contribution >= 4 is 45.1 Å². The summed E-state index contributed by atoms with van der Waals surface area (Å²) in [5.74, 6) is 3.52. The number of benzene rings is 4. The Morgan fingerprint density at radius 3 is 1.57 bits per heavy atom. The number of nitrogens with one attached hydrogen (secondary N) is 1. The molecule has 0 bridgehead atoms. The number of fused-ring (bicyclic) bond motifs is 2. The van der Waals surface area contributed by atoms with E-state index in [4.69, 9.17) is 31.0 Å². The van der Waals surface area contributed by atoms with Gasteiger partial charge in [0.1, 0.15) is 34.2 Å². The van der Waals surface area contributed by atoms with E-state index in [0.29, 0.717) is 24.2 Å². The van der Waals surface area contributed by atoms with Gasteiger partial charge in [-0.15, -0.1) is 0 Å². The summed E-state index contributed by atoms with van der Waals surface area (Å²) >= 11 is 5.16. The van der Waals surface area contributed by atoms with Crippen LogP contribution in [0.2, 0.25) is 0 Å². The zero-order chi connectivity index (χ0) is 44.4. The van der Waals surface area contributed by atoms with Crippen LogP contribution in [0.3, 0.4) is 0 Å². The quantitative estimate of drug-likeness (QED) is 0.0944. The van der Waals surface area contributed by atoms with Gasteiger partial charge >= 0.3 is 0 Å². The van der Waals surface area contributed by atoms with Crippen molar-refractivity contribution in [2.45, 2.75) is 66.0 Å². The summed E-state index contributed by atoms with van der Waals surface area (Å²) in [6.45, 7) is 8.43. The Balaban J connectivity index is 0.000000180. The van der Waals surface area contributed by atoms with Gasteiger partial charge in [-0.1, -0.05) is 86.6 Å². The van der Waals surface area contributed by atoms with Crippen molar-refractivity contribution in [1.82, 2.24) is 39.3 Å². The monoisotopic (exact) mass is 864 g/mol. The second kappa shape index (κ2) is 23.4. The van der Waals surface area contributed by atoms with E-state index in [9.17, 15) is 9.59 Å². The summed E-state index contributed by atoms with van der Waals surface area (Å²) in [4.78, 5) is 44.2. The maximum atomic E-state index is 13.4. The third-order valence-corrected chi connectivity index (χ3v) is 10.2. The number of methoxy groups -OCH3 is 2. The van der Waals surface area contributed by atoms with Gasteiger partial charge in [0.2, 0.25) is 0 Å². The van der Waals surface area contributed by atoms with Crippen LogP contribution in [-0.4, -0.2) is 59.3 Å². The third kappa shape index (κ3) is 12.6. The molecule has 8 rings (SSSR count). The van der Waals surface area contributed by atoms with Crippen LogP contribution >= 0.6 is 11.6 Å². The van der Waals surface area contributed by atoms with Crippen LogP contribution < -0.4 is 14.8 Å². The summed E-state index contributed by atoms with van der Waals surface area (Å²) in [5, 5.41) is 3.06. The molecule has 4 aromatic carbocycles. The Kier molecular flexibility index (Phi) is 16.9. The molecular formula is C50H53ClN8O4. The molecule has 0 fully saturated rings. The Morgan fingerprint density at radius 1 is 0.587 bits per heavy atom. The van der Waals surface area contributed by atoms with Crippen molar-refractivity contribution in [1.29, 1.82) is 0 Å². The van der Waals surface area contributed by atoms with Crippen molar-refractivity contribution in [3.05, 3.63) is 180 Å². The molecule has 0 aliphatic heterocycles. The lowest BCUT2D eigenvalue weighted by atomic mass is 10.1. The molecule has 0 unspecified atom stereocenters. The number of hydrogen-bond donors (Lipinski definition) is 1. The number of aryl methyl sites for hydroxylation is 2. The summed E-state index contributed by atoms with van der Waals surface area (Å²) in [6, 6.07) is 41.8. The Labute approximate surface area is 373 Å². The molecule has 0 atom stereocenters. The van der Waals surface area contributed by atoms with Crippen molar-refractivity contribution in [3.8, 4) is 11.5 Å². The highest BCUT2D eigenvalue weighted by Gasteiger charge is 2.21. The second-order valence-electron chi connectivity index (χ2n) is 14.5. The fourth-order valence-corrected chi connectivity index (χ4v) is 7.03. The molecule has 4 heterocycles. The average Bonchev–Trinajstić information content (AvgIpc) is 3.86. The van der Waals surface area contributed by atoms with Crippen LogP contribution in [-0.2, 0) is 39.3 Å². The first kappa shape index (κ1) is 45.6. The topological polar surface area (TPSA) is 129 Å². The number of imidazole rings is 2. The van der Waals surface area contributed by atoms with Gasteiger partial charge in [-0.05, 0) is 96.2 Å². The number of nitrogens with zero attached hydrogens (tertiary/aromatic N) is 7. The maximum Gasteiger partial charge on any atom is 0.254 e. The van der Waals surface area contributed by atoms with Crippen LogP contribution in [0, 0.1) is 0 Å². The lowest BCUT2D eigenvalue weighted by Gasteiger charge is -2.23. The third-order valence-electron chi connectivity index (χ3n) is 10.0. The number of hydrogen-bond acceptors (Lipinski definition) is 9. The zero-order valence-corrected chi connectivity index (χ0v) is 36.9. The Bertz CT molecular complexity index is 2650. The minimum Gasteiger partial charge on any atom is -0.497 e. The molecule has 63 heavy (non-hydrogen) atoms. The summed E-state index contributed by atoms with van der Waals surface area (Å²) in [6.07, 6.45) is 5.63. The highest BCUT2D eigenvalue weighted by molar-refractivity contribution is 6.67. The van der Waals surface area contributed by atoms with Crippen LogP contribution in [0.4, 0.5) is 0 Å². The first-order chi connectivity index (χ1) is 30.8. The van der Waals surface area contributed by atoms with E-state index in [2.05, 4.69) is 50.4 Å². The van der Waals surface area contributed by atoms with Crippen LogP contribution in [0.25, 0.3) is 22.3 Å². The van der Waals surface area contributed by atoms with Crippen LogP contribution in [0.1, 0.15) is 70.2 Å². The van der Waals surface area contributed by atoms with Gasteiger partial charge in [0.05, 0.1) is 27.3 Å². The van der Waals surface area contributed by atoms with Gasteiger partial charge in [-0.3, -0.25) is 9.59 Å². The molecule has 1 amide bonds. The Hall–Kier alpha value is -6.89.